The molecule has 5 N–H and O–H groups in total. The van der Waals surface area contributed by atoms with Gasteiger partial charge in [-0.05, 0) is 42.9 Å². The van der Waals surface area contributed by atoms with E-state index in [4.69, 9.17) is 0 Å². The summed E-state index contributed by atoms with van der Waals surface area (Å²) in [4.78, 5) is 13.3. The zero-order chi connectivity index (χ0) is 19.1. The van der Waals surface area contributed by atoms with Crippen molar-refractivity contribution >= 4 is 5.78 Å². The Hall–Kier alpha value is -0.530. The summed E-state index contributed by atoms with van der Waals surface area (Å²) in [6, 6.07) is 0. The molecule has 0 aromatic rings. The van der Waals surface area contributed by atoms with Crippen LogP contribution in [0.25, 0.3) is 0 Å². The number of aliphatic hydroxyl groups excluding tert-OH is 5. The Morgan fingerprint density at radius 1 is 1.08 bits per heavy atom. The Bertz CT molecular complexity index is 609. The summed E-state index contributed by atoms with van der Waals surface area (Å²) in [5.74, 6) is -1.79. The lowest BCUT2D eigenvalue weighted by molar-refractivity contribution is -0.267. The molecule has 0 unspecified atom stereocenters. The standard InChI is InChI=1S/C20H32O6/c1-10-11-6-12(23)15-19(9-22)5-3-4-18(2,8-21)13(19)7-14(24)20(15,16(10)25)17(11)26/h10-15,17,21-24,26H,3-9H2,1-2H3/t10-,11+,12+,13-,14-,15+,17-,18+,19+,20-/m1/s1. The fourth-order valence-electron chi connectivity index (χ4n) is 7.84. The molecule has 0 radical (unpaired) electrons. The molecule has 2 bridgehead atoms. The fraction of sp³-hybridized carbons (Fsp3) is 0.950. The average molecular weight is 368 g/mol. The Labute approximate surface area is 154 Å². The maximum absolute atomic E-state index is 13.3. The summed E-state index contributed by atoms with van der Waals surface area (Å²) in [5.41, 5.74) is -2.63. The molecule has 4 aliphatic carbocycles. The molecule has 1 spiro atoms. The topological polar surface area (TPSA) is 118 Å². The largest absolute Gasteiger partial charge is 0.396 e. The van der Waals surface area contributed by atoms with E-state index in [9.17, 15) is 30.3 Å². The van der Waals surface area contributed by atoms with Crippen molar-refractivity contribution in [3.05, 3.63) is 0 Å². The first-order chi connectivity index (χ1) is 12.2. The highest BCUT2D eigenvalue weighted by Gasteiger charge is 2.77. The second-order valence-electron chi connectivity index (χ2n) is 9.84. The van der Waals surface area contributed by atoms with Crippen LogP contribution in [0.3, 0.4) is 0 Å². The van der Waals surface area contributed by atoms with E-state index in [-0.39, 0.29) is 37.3 Å². The zero-order valence-corrected chi connectivity index (χ0v) is 15.6. The third kappa shape index (κ3) is 1.88. The molecule has 0 aliphatic heterocycles. The van der Waals surface area contributed by atoms with Crippen LogP contribution in [0.5, 0.6) is 0 Å². The Kier molecular flexibility index (Phi) is 4.15. The van der Waals surface area contributed by atoms with Crippen LogP contribution in [0, 0.1) is 39.9 Å². The minimum Gasteiger partial charge on any atom is -0.396 e. The summed E-state index contributed by atoms with van der Waals surface area (Å²) >= 11 is 0. The third-order valence-corrected chi connectivity index (χ3v) is 9.00. The summed E-state index contributed by atoms with van der Waals surface area (Å²) in [5, 5.41) is 54.0. The Balaban J connectivity index is 1.92. The fourth-order valence-corrected chi connectivity index (χ4v) is 7.84. The van der Waals surface area contributed by atoms with Crippen molar-refractivity contribution < 1.29 is 30.3 Å². The number of ketones is 1. The van der Waals surface area contributed by atoms with Gasteiger partial charge in [-0.25, -0.2) is 0 Å². The van der Waals surface area contributed by atoms with Gasteiger partial charge in [0.15, 0.2) is 0 Å². The quantitative estimate of drug-likeness (QED) is 0.471. The first kappa shape index (κ1) is 18.8. The van der Waals surface area contributed by atoms with Crippen molar-refractivity contribution in [2.75, 3.05) is 13.2 Å². The molecule has 4 saturated carbocycles. The van der Waals surface area contributed by atoms with Gasteiger partial charge in [-0.1, -0.05) is 20.3 Å². The van der Waals surface area contributed by atoms with Gasteiger partial charge in [0.1, 0.15) is 5.78 Å². The molecule has 0 amide bonds. The zero-order valence-electron chi connectivity index (χ0n) is 15.6. The molecule has 0 aromatic heterocycles. The van der Waals surface area contributed by atoms with Gasteiger partial charge in [0, 0.05) is 30.5 Å². The lowest BCUT2D eigenvalue weighted by atomic mass is 9.38. The molecule has 6 nitrogen and oxygen atoms in total. The van der Waals surface area contributed by atoms with E-state index in [2.05, 4.69) is 0 Å². The van der Waals surface area contributed by atoms with E-state index in [0.29, 0.717) is 12.8 Å². The van der Waals surface area contributed by atoms with Gasteiger partial charge in [0.25, 0.3) is 0 Å². The molecule has 26 heavy (non-hydrogen) atoms. The van der Waals surface area contributed by atoms with E-state index in [1.807, 2.05) is 6.92 Å². The molecule has 148 valence electrons. The van der Waals surface area contributed by atoms with Gasteiger partial charge >= 0.3 is 0 Å². The van der Waals surface area contributed by atoms with Gasteiger partial charge in [-0.15, -0.1) is 0 Å². The number of fused-ring (bicyclic) bond motifs is 3. The van der Waals surface area contributed by atoms with Crippen molar-refractivity contribution in [2.24, 2.45) is 39.9 Å². The van der Waals surface area contributed by atoms with Crippen LogP contribution in [0.1, 0.15) is 46.0 Å². The lowest BCUT2D eigenvalue weighted by Gasteiger charge is -2.66. The van der Waals surface area contributed by atoms with Gasteiger partial charge in [0.2, 0.25) is 0 Å². The molecule has 6 heteroatoms. The van der Waals surface area contributed by atoms with Crippen LogP contribution in [-0.4, -0.2) is 62.8 Å². The minimum atomic E-state index is -1.39. The van der Waals surface area contributed by atoms with Crippen molar-refractivity contribution in [3.8, 4) is 0 Å². The number of hydrogen-bond acceptors (Lipinski definition) is 6. The van der Waals surface area contributed by atoms with Crippen molar-refractivity contribution in [1.82, 2.24) is 0 Å². The van der Waals surface area contributed by atoms with Crippen molar-refractivity contribution in [1.29, 1.82) is 0 Å². The summed E-state index contributed by atoms with van der Waals surface area (Å²) < 4.78 is 0. The highest BCUT2D eigenvalue weighted by molar-refractivity contribution is 5.92. The normalized spacial score (nSPS) is 59.0. The summed E-state index contributed by atoms with van der Waals surface area (Å²) in [6.45, 7) is 3.49. The van der Waals surface area contributed by atoms with Gasteiger partial charge in [0.05, 0.1) is 23.7 Å². The number of carbonyl (C=O) groups is 1. The van der Waals surface area contributed by atoms with Crippen LogP contribution in [0.2, 0.25) is 0 Å². The molecule has 4 fully saturated rings. The van der Waals surface area contributed by atoms with E-state index in [1.165, 1.54) is 0 Å². The van der Waals surface area contributed by atoms with Gasteiger partial charge in [-0.2, -0.15) is 0 Å². The van der Waals surface area contributed by atoms with E-state index >= 15 is 0 Å². The number of rotatable bonds is 2. The molecule has 0 heterocycles. The van der Waals surface area contributed by atoms with E-state index in [0.717, 1.165) is 12.8 Å². The SMILES string of the molecule is C[C@H]1C(=O)[C@@]23[C@H](O)C[C@@H]4[C@](C)(CO)CCC[C@@]4(CO)[C@@H]2[C@@H](O)C[C@@H]1[C@H]3O. The second-order valence-corrected chi connectivity index (χ2v) is 9.84. The Morgan fingerprint density at radius 3 is 2.38 bits per heavy atom. The molecular weight excluding hydrogens is 336 g/mol. The predicted molar refractivity (Wildman–Crippen MR) is 92.9 cm³/mol. The number of hydrogen-bond donors (Lipinski definition) is 5. The van der Waals surface area contributed by atoms with Crippen LogP contribution < -0.4 is 0 Å². The number of Topliss-reactive ketones (excluding diaryl/α,β-unsaturated/α-hetero) is 1. The average Bonchev–Trinajstić information content (AvgIpc) is 2.74. The summed E-state index contributed by atoms with van der Waals surface area (Å²) in [7, 11) is 0. The molecular formula is C20H32O6. The van der Waals surface area contributed by atoms with Crippen LogP contribution >= 0.6 is 0 Å². The molecule has 10 atom stereocenters. The maximum Gasteiger partial charge on any atom is 0.147 e. The van der Waals surface area contributed by atoms with Crippen LogP contribution in [-0.2, 0) is 4.79 Å². The monoisotopic (exact) mass is 368 g/mol. The highest BCUT2D eigenvalue weighted by Crippen LogP contribution is 2.71. The summed E-state index contributed by atoms with van der Waals surface area (Å²) in [6.07, 6.45) is -0.102. The maximum atomic E-state index is 13.3. The first-order valence-electron chi connectivity index (χ1n) is 10.0. The Morgan fingerprint density at radius 2 is 1.77 bits per heavy atom. The molecule has 4 aliphatic rings. The van der Waals surface area contributed by atoms with Gasteiger partial charge < -0.3 is 25.5 Å². The smallest absolute Gasteiger partial charge is 0.147 e. The lowest BCUT2D eigenvalue weighted by Crippen LogP contribution is -2.72. The third-order valence-electron chi connectivity index (χ3n) is 9.00. The van der Waals surface area contributed by atoms with E-state index in [1.54, 1.807) is 6.92 Å². The molecule has 0 saturated heterocycles. The van der Waals surface area contributed by atoms with E-state index < -0.39 is 46.4 Å². The second kappa shape index (κ2) is 5.74. The van der Waals surface area contributed by atoms with Gasteiger partial charge in [-0.3, -0.25) is 4.79 Å². The van der Waals surface area contributed by atoms with Crippen LogP contribution in [0.4, 0.5) is 0 Å². The van der Waals surface area contributed by atoms with Crippen molar-refractivity contribution in [2.45, 2.75) is 64.3 Å². The van der Waals surface area contributed by atoms with Crippen LogP contribution in [0.15, 0.2) is 0 Å². The van der Waals surface area contributed by atoms with Crippen molar-refractivity contribution in [3.63, 3.8) is 0 Å². The first-order valence-corrected chi connectivity index (χ1v) is 10.0. The predicted octanol–water partition coefficient (Wildman–Crippen LogP) is 0.0915. The molecule has 0 aromatic carbocycles. The number of carbonyl (C=O) groups excluding carboxylic acids is 1. The minimum absolute atomic E-state index is 0.0581. The number of aliphatic hydroxyl groups is 5. The molecule has 4 rings (SSSR count). The highest BCUT2D eigenvalue weighted by atomic mass is 16.3.